The fraction of sp³-hybridized carbons (Fsp3) is 0.133. The number of benzene rings is 1. The number of hydrogen-bond donors (Lipinski definition) is 1. The summed E-state index contributed by atoms with van der Waals surface area (Å²) in [6.07, 6.45) is 3.11. The minimum Gasteiger partial charge on any atom is -0.497 e. The molecule has 114 valence electrons. The van der Waals surface area contributed by atoms with Gasteiger partial charge in [0.05, 0.1) is 23.5 Å². The second-order valence-electron chi connectivity index (χ2n) is 4.13. The average molecular weight is 364 g/mol. The monoisotopic (exact) mass is 363 g/mol. The molecule has 22 heavy (non-hydrogen) atoms. The average Bonchev–Trinajstić information content (AvgIpc) is 2.54. The van der Waals surface area contributed by atoms with Crippen LogP contribution < -0.4 is 14.9 Å². The largest absolute Gasteiger partial charge is 0.497 e. The molecule has 0 spiro atoms. The fourth-order valence-corrected chi connectivity index (χ4v) is 2.00. The third-order valence-electron chi connectivity index (χ3n) is 2.57. The summed E-state index contributed by atoms with van der Waals surface area (Å²) in [5.74, 6) is 0.878. The predicted octanol–water partition coefficient (Wildman–Crippen LogP) is 2.38. The number of carbonyl (C=O) groups excluding carboxylic acids is 1. The first kappa shape index (κ1) is 16.0. The van der Waals surface area contributed by atoms with Gasteiger partial charge in [-0.05, 0) is 46.3 Å². The van der Waals surface area contributed by atoms with E-state index in [1.165, 1.54) is 6.21 Å². The lowest BCUT2D eigenvalue weighted by Gasteiger charge is -2.08. The normalized spacial score (nSPS) is 10.5. The van der Waals surface area contributed by atoms with Gasteiger partial charge in [0.1, 0.15) is 11.5 Å². The maximum Gasteiger partial charge on any atom is 0.277 e. The Morgan fingerprint density at radius 1 is 1.41 bits per heavy atom. The van der Waals surface area contributed by atoms with E-state index < -0.39 is 0 Å². The smallest absolute Gasteiger partial charge is 0.277 e. The first-order valence-electron chi connectivity index (χ1n) is 6.38. The van der Waals surface area contributed by atoms with Gasteiger partial charge in [-0.3, -0.25) is 9.78 Å². The molecule has 1 amide bonds. The van der Waals surface area contributed by atoms with Crippen molar-refractivity contribution in [2.24, 2.45) is 5.10 Å². The molecule has 6 nitrogen and oxygen atoms in total. The first-order chi connectivity index (χ1) is 10.7. The first-order valence-corrected chi connectivity index (χ1v) is 7.17. The van der Waals surface area contributed by atoms with Crippen LogP contribution in [0.3, 0.4) is 0 Å². The lowest BCUT2D eigenvalue weighted by Crippen LogP contribution is -2.24. The van der Waals surface area contributed by atoms with Crippen molar-refractivity contribution in [1.82, 2.24) is 10.4 Å². The van der Waals surface area contributed by atoms with Gasteiger partial charge in [-0.25, -0.2) is 5.43 Å². The number of hydrogen-bond acceptors (Lipinski definition) is 5. The van der Waals surface area contributed by atoms with E-state index in [0.29, 0.717) is 21.7 Å². The van der Waals surface area contributed by atoms with Crippen LogP contribution >= 0.6 is 15.9 Å². The molecule has 2 rings (SSSR count). The van der Waals surface area contributed by atoms with E-state index in [0.717, 1.165) is 0 Å². The van der Waals surface area contributed by atoms with Crippen molar-refractivity contribution >= 4 is 28.1 Å². The van der Waals surface area contributed by atoms with Gasteiger partial charge in [-0.1, -0.05) is 6.07 Å². The van der Waals surface area contributed by atoms with E-state index in [4.69, 9.17) is 9.47 Å². The second kappa shape index (κ2) is 8.14. The molecule has 1 aromatic carbocycles. The van der Waals surface area contributed by atoms with Crippen LogP contribution in [0.5, 0.6) is 11.5 Å². The zero-order valence-electron chi connectivity index (χ0n) is 11.8. The van der Waals surface area contributed by atoms with Crippen LogP contribution in [0.15, 0.2) is 52.2 Å². The van der Waals surface area contributed by atoms with E-state index >= 15 is 0 Å². The molecule has 7 heteroatoms. The van der Waals surface area contributed by atoms with Crippen molar-refractivity contribution in [1.29, 1.82) is 0 Å². The number of carbonyl (C=O) groups is 1. The van der Waals surface area contributed by atoms with Crippen molar-refractivity contribution in [2.45, 2.75) is 0 Å². The zero-order chi connectivity index (χ0) is 15.8. The maximum atomic E-state index is 11.6. The molecule has 0 fully saturated rings. The minimum atomic E-state index is -0.366. The maximum absolute atomic E-state index is 11.6. The molecular formula is C15H14BrN3O3. The van der Waals surface area contributed by atoms with Crippen LogP contribution in [0.2, 0.25) is 0 Å². The Morgan fingerprint density at radius 3 is 2.95 bits per heavy atom. The van der Waals surface area contributed by atoms with Crippen molar-refractivity contribution in [3.05, 3.63) is 52.8 Å². The molecule has 0 aliphatic carbocycles. The number of methoxy groups -OCH3 is 1. The van der Waals surface area contributed by atoms with E-state index in [2.05, 4.69) is 31.4 Å². The van der Waals surface area contributed by atoms with Crippen LogP contribution in [-0.2, 0) is 4.79 Å². The van der Waals surface area contributed by atoms with E-state index in [1.54, 1.807) is 43.6 Å². The molecule has 1 N–H and O–H groups in total. The third kappa shape index (κ3) is 4.85. The summed E-state index contributed by atoms with van der Waals surface area (Å²) >= 11 is 3.35. The number of aromatic nitrogens is 1. The molecular weight excluding hydrogens is 350 g/mol. The molecule has 2 aromatic rings. The highest BCUT2D eigenvalue weighted by atomic mass is 79.9. The highest BCUT2D eigenvalue weighted by Gasteiger charge is 2.06. The summed E-state index contributed by atoms with van der Waals surface area (Å²) in [6, 6.07) is 10.6. The fourth-order valence-electron chi connectivity index (χ4n) is 1.52. The van der Waals surface area contributed by atoms with Crippen molar-refractivity contribution in [3.63, 3.8) is 0 Å². The molecule has 0 unspecified atom stereocenters. The Bertz CT molecular complexity index is 662. The van der Waals surface area contributed by atoms with Crippen LogP contribution in [-0.4, -0.2) is 30.8 Å². The zero-order valence-corrected chi connectivity index (χ0v) is 13.4. The van der Waals surface area contributed by atoms with Gasteiger partial charge in [0, 0.05) is 6.20 Å². The molecule has 0 aliphatic heterocycles. The van der Waals surface area contributed by atoms with Crippen LogP contribution in [0.1, 0.15) is 5.69 Å². The number of rotatable bonds is 6. The molecule has 0 bridgehead atoms. The van der Waals surface area contributed by atoms with Gasteiger partial charge in [0.2, 0.25) is 0 Å². The molecule has 1 heterocycles. The van der Waals surface area contributed by atoms with E-state index in [-0.39, 0.29) is 12.5 Å². The van der Waals surface area contributed by atoms with Gasteiger partial charge >= 0.3 is 0 Å². The molecule has 0 saturated heterocycles. The number of nitrogens with zero attached hydrogens (tertiary/aromatic N) is 2. The van der Waals surface area contributed by atoms with Crippen molar-refractivity contribution < 1.29 is 14.3 Å². The van der Waals surface area contributed by atoms with Gasteiger partial charge < -0.3 is 9.47 Å². The minimum absolute atomic E-state index is 0.148. The van der Waals surface area contributed by atoms with E-state index in [1.807, 2.05) is 6.07 Å². The summed E-state index contributed by atoms with van der Waals surface area (Å²) in [6.45, 7) is -0.148. The Balaban J connectivity index is 1.82. The quantitative estimate of drug-likeness (QED) is 0.631. The van der Waals surface area contributed by atoms with Gasteiger partial charge in [0.25, 0.3) is 5.91 Å². The topological polar surface area (TPSA) is 72.8 Å². The van der Waals surface area contributed by atoms with Gasteiger partial charge in [-0.15, -0.1) is 0 Å². The predicted molar refractivity (Wildman–Crippen MR) is 86.2 cm³/mol. The Kier molecular flexibility index (Phi) is 5.91. The Labute approximate surface area is 136 Å². The van der Waals surface area contributed by atoms with Gasteiger partial charge in [0.15, 0.2) is 6.61 Å². The summed E-state index contributed by atoms with van der Waals surface area (Å²) in [4.78, 5) is 15.7. The molecule has 1 aromatic heterocycles. The number of nitrogens with one attached hydrogen (secondary N) is 1. The number of amides is 1. The van der Waals surface area contributed by atoms with Gasteiger partial charge in [-0.2, -0.15) is 5.10 Å². The number of halogens is 1. The molecule has 0 atom stereocenters. The van der Waals surface area contributed by atoms with Crippen LogP contribution in [0.25, 0.3) is 0 Å². The second-order valence-corrected chi connectivity index (χ2v) is 4.99. The van der Waals surface area contributed by atoms with E-state index in [9.17, 15) is 4.79 Å². The molecule has 0 radical (unpaired) electrons. The summed E-state index contributed by atoms with van der Waals surface area (Å²) in [5, 5.41) is 3.80. The third-order valence-corrected chi connectivity index (χ3v) is 3.19. The highest BCUT2D eigenvalue weighted by Crippen LogP contribution is 2.28. The Hall–Kier alpha value is -2.41. The van der Waals surface area contributed by atoms with Crippen LogP contribution in [0.4, 0.5) is 0 Å². The number of ether oxygens (including phenoxy) is 2. The lowest BCUT2D eigenvalue weighted by molar-refractivity contribution is -0.123. The summed E-state index contributed by atoms with van der Waals surface area (Å²) in [5.41, 5.74) is 3.02. The molecule has 0 aliphatic rings. The highest BCUT2D eigenvalue weighted by molar-refractivity contribution is 9.10. The summed E-state index contributed by atoms with van der Waals surface area (Å²) in [7, 11) is 1.58. The number of hydrazone groups is 1. The van der Waals surface area contributed by atoms with Crippen molar-refractivity contribution in [2.75, 3.05) is 13.7 Å². The number of pyridine rings is 1. The lowest BCUT2D eigenvalue weighted by atomic mass is 10.3. The Morgan fingerprint density at radius 2 is 2.27 bits per heavy atom. The standard InChI is InChI=1S/C15H14BrN3O3/c1-21-12-5-6-14(13(16)8-12)22-10-15(20)19-18-9-11-4-2-3-7-17-11/h2-9H,10H2,1H3,(H,19,20)/b18-9-. The SMILES string of the molecule is COc1ccc(OCC(=O)N/N=C\c2ccccn2)c(Br)c1. The molecule has 0 saturated carbocycles. The summed E-state index contributed by atoms with van der Waals surface area (Å²) < 4.78 is 11.2. The van der Waals surface area contributed by atoms with Crippen LogP contribution in [0, 0.1) is 0 Å². The van der Waals surface area contributed by atoms with Crippen molar-refractivity contribution in [3.8, 4) is 11.5 Å².